The predicted octanol–water partition coefficient (Wildman–Crippen LogP) is 2.13. The average Bonchev–Trinajstić information content (AvgIpc) is 2.79. The Balaban J connectivity index is 1.84. The van der Waals surface area contributed by atoms with Crippen LogP contribution in [0.25, 0.3) is 0 Å². The highest BCUT2D eigenvalue weighted by Crippen LogP contribution is 2.38. The van der Waals surface area contributed by atoms with Crippen LogP contribution in [0.2, 0.25) is 0 Å². The number of non-ortho nitro benzene ring substituents is 1. The second kappa shape index (κ2) is 5.70. The van der Waals surface area contributed by atoms with Crippen molar-refractivity contribution >= 4 is 21.2 Å². The lowest BCUT2D eigenvalue weighted by molar-refractivity contribution is -0.385. The molecule has 0 amide bonds. The van der Waals surface area contributed by atoms with Crippen molar-refractivity contribution in [3.63, 3.8) is 0 Å². The van der Waals surface area contributed by atoms with Crippen molar-refractivity contribution in [3.8, 4) is 0 Å². The molecule has 0 aromatic heterocycles. The number of sulfone groups is 1. The van der Waals surface area contributed by atoms with Crippen LogP contribution in [0.15, 0.2) is 12.1 Å². The van der Waals surface area contributed by atoms with E-state index in [1.807, 2.05) is 0 Å². The third-order valence-corrected chi connectivity index (χ3v) is 6.42. The summed E-state index contributed by atoms with van der Waals surface area (Å²) in [5.41, 5.74) is -0.880. The van der Waals surface area contributed by atoms with Gasteiger partial charge in [-0.25, -0.2) is 17.2 Å². The molecule has 3 rings (SSSR count). The fourth-order valence-electron chi connectivity index (χ4n) is 3.50. The number of hydrogen-bond acceptors (Lipinski definition) is 5. The maximum Gasteiger partial charge on any atom is 0.275 e. The van der Waals surface area contributed by atoms with Gasteiger partial charge in [-0.3, -0.25) is 10.1 Å². The van der Waals surface area contributed by atoms with Gasteiger partial charge in [0.05, 0.1) is 28.6 Å². The summed E-state index contributed by atoms with van der Waals surface area (Å²) < 4.78 is 51.6. The molecule has 2 heterocycles. The first-order valence-corrected chi connectivity index (χ1v) is 9.18. The van der Waals surface area contributed by atoms with Crippen LogP contribution in [-0.2, 0) is 9.84 Å². The molecular weight excluding hydrogens is 330 g/mol. The lowest BCUT2D eigenvalue weighted by atomic mass is 9.92. The number of nitrogens with zero attached hydrogens (tertiary/aromatic N) is 2. The highest BCUT2D eigenvalue weighted by atomic mass is 32.2. The largest absolute Gasteiger partial charge is 0.366 e. The molecule has 6 nitrogen and oxygen atoms in total. The first kappa shape index (κ1) is 16.1. The van der Waals surface area contributed by atoms with Gasteiger partial charge in [0, 0.05) is 13.1 Å². The molecule has 2 saturated heterocycles. The molecule has 2 aliphatic rings. The van der Waals surface area contributed by atoms with Crippen LogP contribution in [0, 0.1) is 33.6 Å². The fourth-order valence-corrected chi connectivity index (χ4v) is 5.03. The molecule has 0 saturated carbocycles. The molecule has 2 atom stereocenters. The van der Waals surface area contributed by atoms with Gasteiger partial charge >= 0.3 is 0 Å². The number of rotatable bonds is 2. The molecule has 1 aromatic rings. The Morgan fingerprint density at radius 1 is 1.09 bits per heavy atom. The molecule has 0 N–H and O–H groups in total. The molecule has 1 aromatic carbocycles. The summed E-state index contributed by atoms with van der Waals surface area (Å²) in [5, 5.41) is 10.6. The van der Waals surface area contributed by atoms with E-state index in [1.165, 1.54) is 0 Å². The van der Waals surface area contributed by atoms with Crippen molar-refractivity contribution in [2.75, 3.05) is 29.5 Å². The van der Waals surface area contributed by atoms with E-state index >= 15 is 0 Å². The van der Waals surface area contributed by atoms with Crippen LogP contribution in [0.5, 0.6) is 0 Å². The Bertz CT molecular complexity index is 708. The van der Waals surface area contributed by atoms with Gasteiger partial charge in [0.25, 0.3) is 5.69 Å². The van der Waals surface area contributed by atoms with Crippen LogP contribution in [0.4, 0.5) is 20.2 Å². The van der Waals surface area contributed by atoms with E-state index < -0.39 is 32.1 Å². The Labute approximate surface area is 132 Å². The summed E-state index contributed by atoms with van der Waals surface area (Å²) >= 11 is 0. The summed E-state index contributed by atoms with van der Waals surface area (Å²) in [7, 11) is -3.02. The number of benzene rings is 1. The van der Waals surface area contributed by atoms with Crippen LogP contribution in [0.1, 0.15) is 12.8 Å². The molecule has 2 unspecified atom stereocenters. The Morgan fingerprint density at radius 2 is 1.57 bits per heavy atom. The van der Waals surface area contributed by atoms with E-state index in [-0.39, 0.29) is 29.0 Å². The Morgan fingerprint density at radius 3 is 2.00 bits per heavy atom. The van der Waals surface area contributed by atoms with Crippen molar-refractivity contribution in [2.24, 2.45) is 11.8 Å². The first-order valence-electron chi connectivity index (χ1n) is 7.35. The smallest absolute Gasteiger partial charge is 0.275 e. The molecular formula is C14H16F2N2O4S. The van der Waals surface area contributed by atoms with Crippen LogP contribution in [-0.4, -0.2) is 37.9 Å². The van der Waals surface area contributed by atoms with E-state index in [0.717, 1.165) is 12.1 Å². The molecule has 0 aliphatic carbocycles. The lowest BCUT2D eigenvalue weighted by Crippen LogP contribution is -2.24. The second-order valence-electron chi connectivity index (χ2n) is 6.17. The first-order chi connectivity index (χ1) is 10.8. The molecule has 2 fully saturated rings. The third kappa shape index (κ3) is 3.15. The molecule has 2 aliphatic heterocycles. The SMILES string of the molecule is O=[N+]([O-])c1cc(F)c(N2CC3CCS(=O)(=O)CCC3C2)c(F)c1. The molecule has 0 spiro atoms. The summed E-state index contributed by atoms with van der Waals surface area (Å²) in [6.07, 6.45) is 0.972. The van der Waals surface area contributed by atoms with Gasteiger partial charge in [-0.05, 0) is 24.7 Å². The minimum atomic E-state index is -3.02. The lowest BCUT2D eigenvalue weighted by Gasteiger charge is -2.20. The summed E-state index contributed by atoms with van der Waals surface area (Å²) in [6, 6.07) is 1.44. The van der Waals surface area contributed by atoms with Crippen molar-refractivity contribution < 1.29 is 22.1 Å². The van der Waals surface area contributed by atoms with Crippen molar-refractivity contribution in [1.82, 2.24) is 0 Å². The van der Waals surface area contributed by atoms with Crippen LogP contribution >= 0.6 is 0 Å². The predicted molar refractivity (Wildman–Crippen MR) is 80.1 cm³/mol. The zero-order valence-electron chi connectivity index (χ0n) is 12.2. The molecule has 0 radical (unpaired) electrons. The average molecular weight is 346 g/mol. The van der Waals surface area contributed by atoms with Gasteiger partial charge in [-0.2, -0.15) is 0 Å². The van der Waals surface area contributed by atoms with E-state index in [9.17, 15) is 27.3 Å². The summed E-state index contributed by atoms with van der Waals surface area (Å²) in [5.74, 6) is -1.57. The van der Waals surface area contributed by atoms with Gasteiger partial charge < -0.3 is 4.90 Å². The number of nitro benzene ring substituents is 1. The number of fused-ring (bicyclic) bond motifs is 1. The molecule has 0 bridgehead atoms. The fraction of sp³-hybridized carbons (Fsp3) is 0.571. The normalized spacial score (nSPS) is 26.6. The van der Waals surface area contributed by atoms with Gasteiger partial charge in [0.2, 0.25) is 0 Å². The van der Waals surface area contributed by atoms with E-state index in [2.05, 4.69) is 0 Å². The highest BCUT2D eigenvalue weighted by molar-refractivity contribution is 7.91. The number of hydrogen-bond donors (Lipinski definition) is 0. The Kier molecular flexibility index (Phi) is 3.99. The zero-order valence-corrected chi connectivity index (χ0v) is 13.1. The third-order valence-electron chi connectivity index (χ3n) is 4.70. The van der Waals surface area contributed by atoms with E-state index in [0.29, 0.717) is 25.9 Å². The van der Waals surface area contributed by atoms with Crippen molar-refractivity contribution in [1.29, 1.82) is 0 Å². The van der Waals surface area contributed by atoms with Crippen molar-refractivity contribution in [3.05, 3.63) is 33.9 Å². The number of anilines is 1. The molecule has 23 heavy (non-hydrogen) atoms. The standard InChI is InChI=1S/C14H16F2N2O4S/c15-12-5-11(18(19)20)6-13(16)14(12)17-7-9-1-3-23(21,22)4-2-10(9)8-17/h5-6,9-10H,1-4,7-8H2. The summed E-state index contributed by atoms with van der Waals surface area (Å²) in [4.78, 5) is 11.3. The minimum Gasteiger partial charge on any atom is -0.366 e. The van der Waals surface area contributed by atoms with Gasteiger partial charge in [-0.1, -0.05) is 0 Å². The second-order valence-corrected chi connectivity index (χ2v) is 8.47. The topological polar surface area (TPSA) is 80.5 Å². The number of halogens is 2. The quantitative estimate of drug-likeness (QED) is 0.605. The van der Waals surface area contributed by atoms with Crippen molar-refractivity contribution in [2.45, 2.75) is 12.8 Å². The maximum atomic E-state index is 14.1. The van der Waals surface area contributed by atoms with E-state index in [4.69, 9.17) is 0 Å². The van der Waals surface area contributed by atoms with Gasteiger partial charge in [0.1, 0.15) is 15.5 Å². The maximum absolute atomic E-state index is 14.1. The molecule has 126 valence electrons. The molecule has 9 heteroatoms. The number of nitro groups is 1. The summed E-state index contributed by atoms with van der Waals surface area (Å²) in [6.45, 7) is 0.734. The highest BCUT2D eigenvalue weighted by Gasteiger charge is 2.38. The monoisotopic (exact) mass is 346 g/mol. The van der Waals surface area contributed by atoms with Gasteiger partial charge in [0.15, 0.2) is 11.6 Å². The van der Waals surface area contributed by atoms with Crippen LogP contribution < -0.4 is 4.90 Å². The Hall–Kier alpha value is -1.77. The minimum absolute atomic E-state index is 0.0706. The van der Waals surface area contributed by atoms with E-state index in [1.54, 1.807) is 4.90 Å². The van der Waals surface area contributed by atoms with Crippen LogP contribution in [0.3, 0.4) is 0 Å². The zero-order chi connectivity index (χ0) is 16.8. The van der Waals surface area contributed by atoms with Gasteiger partial charge in [-0.15, -0.1) is 0 Å².